The van der Waals surface area contributed by atoms with Gasteiger partial charge in [0.15, 0.2) is 11.5 Å². The Morgan fingerprint density at radius 3 is 2.44 bits per heavy atom. The molecular formula is C21H28ClNO2. The van der Waals surface area contributed by atoms with Crippen molar-refractivity contribution < 1.29 is 9.47 Å². The van der Waals surface area contributed by atoms with Gasteiger partial charge in [0.05, 0.1) is 6.61 Å². The van der Waals surface area contributed by atoms with E-state index in [2.05, 4.69) is 38.2 Å². The normalized spacial score (nSPS) is 12.0. The average molecular weight is 362 g/mol. The largest absolute Gasteiger partial charge is 0.490 e. The second-order valence-corrected chi connectivity index (χ2v) is 6.64. The van der Waals surface area contributed by atoms with Crippen LogP contribution < -0.4 is 14.8 Å². The minimum absolute atomic E-state index is 0.448. The molecule has 4 heteroatoms. The van der Waals surface area contributed by atoms with Gasteiger partial charge >= 0.3 is 0 Å². The molecular weight excluding hydrogens is 334 g/mol. The summed E-state index contributed by atoms with van der Waals surface area (Å²) in [5, 5.41) is 4.16. The molecule has 0 aliphatic rings. The zero-order chi connectivity index (χ0) is 18.2. The number of ether oxygens (including phenoxy) is 2. The minimum Gasteiger partial charge on any atom is -0.490 e. The number of hydrogen-bond donors (Lipinski definition) is 1. The first-order valence-corrected chi connectivity index (χ1v) is 9.28. The van der Waals surface area contributed by atoms with Crippen molar-refractivity contribution in [3.63, 3.8) is 0 Å². The molecule has 0 amide bonds. The summed E-state index contributed by atoms with van der Waals surface area (Å²) in [6.07, 6.45) is 1.08. The zero-order valence-electron chi connectivity index (χ0n) is 15.6. The average Bonchev–Trinajstić information content (AvgIpc) is 2.61. The topological polar surface area (TPSA) is 30.5 Å². The van der Waals surface area contributed by atoms with Crippen molar-refractivity contribution >= 4 is 11.6 Å². The lowest BCUT2D eigenvalue weighted by Gasteiger charge is -2.17. The van der Waals surface area contributed by atoms with Gasteiger partial charge in [-0.15, -0.1) is 0 Å². The van der Waals surface area contributed by atoms with Crippen LogP contribution in [0.1, 0.15) is 43.9 Å². The van der Waals surface area contributed by atoms with Crippen LogP contribution in [0.5, 0.6) is 11.5 Å². The van der Waals surface area contributed by atoms with E-state index in [0.29, 0.717) is 36.6 Å². The Morgan fingerprint density at radius 2 is 1.76 bits per heavy atom. The predicted octanol–water partition coefficient (Wildman–Crippen LogP) is 5.51. The molecule has 1 unspecified atom stereocenters. The van der Waals surface area contributed by atoms with Crippen LogP contribution in [0, 0.1) is 6.92 Å². The highest BCUT2D eigenvalue weighted by atomic mass is 35.5. The van der Waals surface area contributed by atoms with E-state index >= 15 is 0 Å². The monoisotopic (exact) mass is 361 g/mol. The van der Waals surface area contributed by atoms with Crippen molar-refractivity contribution in [2.24, 2.45) is 0 Å². The van der Waals surface area contributed by atoms with Crippen LogP contribution in [-0.4, -0.2) is 12.6 Å². The Hall–Kier alpha value is -1.71. The molecule has 0 saturated heterocycles. The van der Waals surface area contributed by atoms with E-state index in [1.807, 2.05) is 31.2 Å². The molecule has 0 fully saturated rings. The molecule has 2 aromatic rings. The summed E-state index contributed by atoms with van der Waals surface area (Å²) in [5.74, 6) is 1.42. The molecule has 136 valence electrons. The molecule has 3 nitrogen and oxygen atoms in total. The van der Waals surface area contributed by atoms with Gasteiger partial charge in [0.1, 0.15) is 6.61 Å². The van der Waals surface area contributed by atoms with Crippen molar-refractivity contribution in [2.75, 3.05) is 6.61 Å². The van der Waals surface area contributed by atoms with Crippen LogP contribution in [0.25, 0.3) is 0 Å². The van der Waals surface area contributed by atoms with Gasteiger partial charge < -0.3 is 14.8 Å². The fourth-order valence-electron chi connectivity index (χ4n) is 2.45. The maximum atomic E-state index is 6.47. The molecule has 1 N–H and O–H groups in total. The third-order valence-corrected chi connectivity index (χ3v) is 4.66. The lowest BCUT2D eigenvalue weighted by Crippen LogP contribution is -2.24. The van der Waals surface area contributed by atoms with Gasteiger partial charge in [-0.3, -0.25) is 0 Å². The van der Waals surface area contributed by atoms with Crippen LogP contribution in [-0.2, 0) is 13.2 Å². The van der Waals surface area contributed by atoms with Crippen LogP contribution >= 0.6 is 11.6 Å². The highest BCUT2D eigenvalue weighted by Gasteiger charge is 2.12. The molecule has 0 spiro atoms. The van der Waals surface area contributed by atoms with Crippen LogP contribution in [0.3, 0.4) is 0 Å². The Bertz CT molecular complexity index is 688. The Labute approximate surface area is 156 Å². The summed E-state index contributed by atoms with van der Waals surface area (Å²) in [4.78, 5) is 0. The van der Waals surface area contributed by atoms with Gasteiger partial charge in [-0.05, 0) is 49.9 Å². The van der Waals surface area contributed by atoms with Gasteiger partial charge in [-0.25, -0.2) is 0 Å². The van der Waals surface area contributed by atoms with Gasteiger partial charge in [0.25, 0.3) is 0 Å². The SMILES string of the molecule is CCOc1cc(CNC(C)CC)c(Cl)cc1OCc1ccccc1C. The van der Waals surface area contributed by atoms with Crippen molar-refractivity contribution in [1.29, 1.82) is 0 Å². The fourth-order valence-corrected chi connectivity index (χ4v) is 2.67. The molecule has 2 rings (SSSR count). The molecule has 0 heterocycles. The summed E-state index contributed by atoms with van der Waals surface area (Å²) in [5.41, 5.74) is 3.39. The summed E-state index contributed by atoms with van der Waals surface area (Å²) in [7, 11) is 0. The van der Waals surface area contributed by atoms with E-state index < -0.39 is 0 Å². The zero-order valence-corrected chi connectivity index (χ0v) is 16.3. The highest BCUT2D eigenvalue weighted by molar-refractivity contribution is 6.31. The number of hydrogen-bond acceptors (Lipinski definition) is 3. The quantitative estimate of drug-likeness (QED) is 0.638. The first kappa shape index (κ1) is 19.6. The second kappa shape index (κ2) is 9.69. The smallest absolute Gasteiger partial charge is 0.163 e. The van der Waals surface area contributed by atoms with E-state index in [-0.39, 0.29) is 0 Å². The molecule has 0 saturated carbocycles. The molecule has 0 aliphatic heterocycles. The third kappa shape index (κ3) is 5.65. The summed E-state index contributed by atoms with van der Waals surface area (Å²) < 4.78 is 11.8. The first-order valence-electron chi connectivity index (χ1n) is 8.91. The number of halogens is 1. The fraction of sp³-hybridized carbons (Fsp3) is 0.429. The van der Waals surface area contributed by atoms with Crippen LogP contribution in [0.2, 0.25) is 5.02 Å². The lowest BCUT2D eigenvalue weighted by atomic mass is 10.1. The van der Waals surface area contributed by atoms with Crippen molar-refractivity contribution in [2.45, 2.75) is 53.3 Å². The van der Waals surface area contributed by atoms with E-state index in [0.717, 1.165) is 23.3 Å². The summed E-state index contributed by atoms with van der Waals surface area (Å²) in [6, 6.07) is 12.5. The number of benzene rings is 2. The molecule has 0 radical (unpaired) electrons. The molecule has 2 aromatic carbocycles. The predicted molar refractivity (Wildman–Crippen MR) is 105 cm³/mol. The van der Waals surface area contributed by atoms with E-state index in [1.54, 1.807) is 0 Å². The number of nitrogens with one attached hydrogen (secondary N) is 1. The van der Waals surface area contributed by atoms with E-state index in [4.69, 9.17) is 21.1 Å². The highest BCUT2D eigenvalue weighted by Crippen LogP contribution is 2.34. The van der Waals surface area contributed by atoms with Crippen molar-refractivity contribution in [3.05, 3.63) is 58.1 Å². The maximum Gasteiger partial charge on any atom is 0.163 e. The van der Waals surface area contributed by atoms with E-state index in [9.17, 15) is 0 Å². The summed E-state index contributed by atoms with van der Waals surface area (Å²) >= 11 is 6.47. The second-order valence-electron chi connectivity index (χ2n) is 6.23. The van der Waals surface area contributed by atoms with Crippen molar-refractivity contribution in [3.8, 4) is 11.5 Å². The minimum atomic E-state index is 0.448. The van der Waals surface area contributed by atoms with Gasteiger partial charge in [0, 0.05) is 23.7 Å². The van der Waals surface area contributed by atoms with E-state index in [1.165, 1.54) is 5.56 Å². The molecule has 0 aliphatic carbocycles. The molecule has 25 heavy (non-hydrogen) atoms. The Kier molecular flexibility index (Phi) is 7.60. The van der Waals surface area contributed by atoms with Gasteiger partial charge in [-0.1, -0.05) is 42.8 Å². The number of aryl methyl sites for hydroxylation is 1. The van der Waals surface area contributed by atoms with Crippen LogP contribution in [0.15, 0.2) is 36.4 Å². The Balaban J connectivity index is 2.16. The van der Waals surface area contributed by atoms with Crippen molar-refractivity contribution in [1.82, 2.24) is 5.32 Å². The standard InChI is InChI=1S/C21H28ClNO2/c1-5-16(4)23-13-18-11-20(24-6-2)21(12-19(18)22)25-14-17-10-8-7-9-15(17)3/h7-12,16,23H,5-6,13-14H2,1-4H3. The molecule has 0 bridgehead atoms. The lowest BCUT2D eigenvalue weighted by molar-refractivity contribution is 0.268. The van der Waals surface area contributed by atoms with Gasteiger partial charge in [0.2, 0.25) is 0 Å². The molecule has 1 atom stereocenters. The summed E-state index contributed by atoms with van der Waals surface area (Å²) in [6.45, 7) is 10.2. The van der Waals surface area contributed by atoms with Gasteiger partial charge in [-0.2, -0.15) is 0 Å². The Morgan fingerprint density at radius 1 is 1.04 bits per heavy atom. The van der Waals surface area contributed by atoms with Crippen LogP contribution in [0.4, 0.5) is 0 Å². The first-order chi connectivity index (χ1) is 12.0. The third-order valence-electron chi connectivity index (χ3n) is 4.31. The maximum absolute atomic E-state index is 6.47. The molecule has 0 aromatic heterocycles. The number of rotatable bonds is 9.